The van der Waals surface area contributed by atoms with E-state index in [1.54, 1.807) is 6.92 Å². The van der Waals surface area contributed by atoms with Gasteiger partial charge in [-0.3, -0.25) is 0 Å². The average Bonchev–Trinajstić information content (AvgIpc) is 1.80. The largest absolute Gasteiger partial charge is 0.530 e. The maximum absolute atomic E-state index is 10.3. The van der Waals surface area contributed by atoms with Crippen LogP contribution in [0.2, 0.25) is 0 Å². The monoisotopic (exact) mass is 262 g/mol. The maximum atomic E-state index is 10.3. The first-order valence-electron chi connectivity index (χ1n) is 2.89. The highest BCUT2D eigenvalue weighted by molar-refractivity contribution is 9.11. The molecule has 6 heteroatoms. The summed E-state index contributed by atoms with van der Waals surface area (Å²) in [6, 6.07) is 0. The zero-order valence-electron chi connectivity index (χ0n) is 5.81. The molecule has 0 atom stereocenters. The van der Waals surface area contributed by atoms with E-state index < -0.39 is 9.34 Å². The molecule has 0 aliphatic rings. The molecule has 0 aliphatic heterocycles. The summed E-state index contributed by atoms with van der Waals surface area (Å²) in [7, 11) is 0. The van der Waals surface area contributed by atoms with Crippen molar-refractivity contribution in [3.63, 3.8) is 0 Å². The lowest BCUT2D eigenvalue weighted by Gasteiger charge is -2.26. The Hall–Kier alpha value is 0.330. The Bertz CT molecular complexity index is 148. The van der Waals surface area contributed by atoms with Gasteiger partial charge in [0.25, 0.3) is 0 Å². The smallest absolute Gasteiger partial charge is 0.189 e. The Morgan fingerprint density at radius 3 is 2.27 bits per heavy atom. The average molecular weight is 264 g/mol. The maximum Gasteiger partial charge on any atom is 0.189 e. The second-order valence-electron chi connectivity index (χ2n) is 1.90. The molecule has 11 heavy (non-hydrogen) atoms. The summed E-state index contributed by atoms with van der Waals surface area (Å²) in [5, 5.41) is 10.3. The van der Waals surface area contributed by atoms with Crippen LogP contribution in [0, 0.1) is 0 Å². The van der Waals surface area contributed by atoms with Gasteiger partial charge < -0.3 is 14.8 Å². The summed E-state index contributed by atoms with van der Waals surface area (Å²) in [5.41, 5.74) is 0. The number of nitrogens with zero attached hydrogens (tertiary/aromatic N) is 1. The highest BCUT2D eigenvalue weighted by atomic mass is 79.9. The van der Waals surface area contributed by atoms with E-state index in [0.29, 0.717) is 6.54 Å². The third-order valence-electron chi connectivity index (χ3n) is 1.01. The van der Waals surface area contributed by atoms with Crippen LogP contribution >= 0.6 is 39.1 Å². The SMILES string of the molecule is CCN(CC(Cl)(Cl)Br)C(=O)[O-]. The van der Waals surface area contributed by atoms with Gasteiger partial charge in [0, 0.05) is 6.54 Å². The van der Waals surface area contributed by atoms with E-state index in [2.05, 4.69) is 15.9 Å². The Labute approximate surface area is 83.4 Å². The van der Waals surface area contributed by atoms with Gasteiger partial charge in [-0.2, -0.15) is 0 Å². The van der Waals surface area contributed by atoms with Gasteiger partial charge in [-0.15, -0.1) is 0 Å². The van der Waals surface area contributed by atoms with Crippen molar-refractivity contribution in [1.29, 1.82) is 0 Å². The minimum absolute atomic E-state index is 0.0189. The Kier molecular flexibility index (Phi) is 4.51. The van der Waals surface area contributed by atoms with Gasteiger partial charge in [0.2, 0.25) is 0 Å². The molecule has 0 spiro atoms. The summed E-state index contributed by atoms with van der Waals surface area (Å²) in [6.45, 7) is 1.95. The van der Waals surface area contributed by atoms with Crippen LogP contribution in [0.15, 0.2) is 0 Å². The molecule has 0 radical (unpaired) electrons. The van der Waals surface area contributed by atoms with Crippen molar-refractivity contribution < 1.29 is 9.90 Å². The molecular formula is C5H7BrCl2NO2-. The van der Waals surface area contributed by atoms with E-state index in [0.717, 1.165) is 4.90 Å². The molecule has 0 rings (SSSR count). The number of carbonyl (C=O) groups excluding carboxylic acids is 1. The zero-order chi connectivity index (χ0) is 9.07. The predicted octanol–water partition coefficient (Wildman–Crippen LogP) is 1.18. The van der Waals surface area contributed by atoms with Crippen LogP contribution in [-0.4, -0.2) is 27.3 Å². The second kappa shape index (κ2) is 4.38. The fourth-order valence-electron chi connectivity index (χ4n) is 0.522. The third kappa shape index (κ3) is 5.58. The number of rotatable bonds is 3. The Morgan fingerprint density at radius 1 is 1.73 bits per heavy atom. The Morgan fingerprint density at radius 2 is 2.18 bits per heavy atom. The molecule has 3 nitrogen and oxygen atoms in total. The van der Waals surface area contributed by atoms with E-state index in [1.165, 1.54) is 0 Å². The van der Waals surface area contributed by atoms with E-state index >= 15 is 0 Å². The van der Waals surface area contributed by atoms with Crippen molar-refractivity contribution in [2.45, 2.75) is 10.2 Å². The third-order valence-corrected chi connectivity index (χ3v) is 1.50. The molecular weight excluding hydrogens is 257 g/mol. The number of carbonyl (C=O) groups is 1. The van der Waals surface area contributed by atoms with Crippen molar-refractivity contribution in [1.82, 2.24) is 4.90 Å². The number of hydrogen-bond acceptors (Lipinski definition) is 2. The number of carboxylic acid groups (broad SMARTS) is 1. The van der Waals surface area contributed by atoms with E-state index in [9.17, 15) is 9.90 Å². The van der Waals surface area contributed by atoms with Crippen LogP contribution in [0.5, 0.6) is 0 Å². The molecule has 0 aliphatic carbocycles. The van der Waals surface area contributed by atoms with E-state index in [4.69, 9.17) is 23.2 Å². The van der Waals surface area contributed by atoms with Crippen LogP contribution in [0.25, 0.3) is 0 Å². The summed E-state index contributed by atoms with van der Waals surface area (Å²) >= 11 is 13.9. The summed E-state index contributed by atoms with van der Waals surface area (Å²) < 4.78 is -1.23. The van der Waals surface area contributed by atoms with Crippen LogP contribution in [0.4, 0.5) is 4.79 Å². The zero-order valence-corrected chi connectivity index (χ0v) is 8.91. The minimum atomic E-state index is -1.28. The van der Waals surface area contributed by atoms with Crippen molar-refractivity contribution in [3.05, 3.63) is 0 Å². The standard InChI is InChI=1S/C5H8BrCl2NO2/c1-2-9(4(10)11)3-5(6,7)8/h2-3H2,1H3,(H,10,11)/p-1. The molecule has 0 aromatic heterocycles. The molecule has 0 aromatic carbocycles. The quantitative estimate of drug-likeness (QED) is 0.718. The van der Waals surface area contributed by atoms with Crippen molar-refractivity contribution >= 4 is 45.2 Å². The van der Waals surface area contributed by atoms with E-state index in [1.807, 2.05) is 0 Å². The molecule has 0 unspecified atom stereocenters. The van der Waals surface area contributed by atoms with Crippen LogP contribution < -0.4 is 5.11 Å². The molecule has 0 saturated carbocycles. The van der Waals surface area contributed by atoms with Crippen molar-refractivity contribution in [2.75, 3.05) is 13.1 Å². The van der Waals surface area contributed by atoms with Gasteiger partial charge in [0.05, 0.1) is 6.54 Å². The fourth-order valence-corrected chi connectivity index (χ4v) is 1.11. The molecule has 0 heterocycles. The molecule has 0 fully saturated rings. The van der Waals surface area contributed by atoms with Crippen LogP contribution in [-0.2, 0) is 0 Å². The lowest BCUT2D eigenvalue weighted by molar-refractivity contribution is -0.265. The van der Waals surface area contributed by atoms with Crippen molar-refractivity contribution in [2.24, 2.45) is 0 Å². The van der Waals surface area contributed by atoms with Gasteiger partial charge in [-0.25, -0.2) is 0 Å². The number of halogens is 3. The number of hydrogen-bond donors (Lipinski definition) is 0. The lowest BCUT2D eigenvalue weighted by Crippen LogP contribution is -2.44. The Balaban J connectivity index is 3.99. The van der Waals surface area contributed by atoms with E-state index in [-0.39, 0.29) is 6.54 Å². The van der Waals surface area contributed by atoms with Gasteiger partial charge in [0.1, 0.15) is 6.09 Å². The fraction of sp³-hybridized carbons (Fsp3) is 0.800. The first kappa shape index (κ1) is 11.3. The number of amides is 1. The first-order chi connectivity index (χ1) is 4.87. The summed E-state index contributed by atoms with van der Waals surface area (Å²) in [6.07, 6.45) is -1.28. The van der Waals surface area contributed by atoms with Gasteiger partial charge >= 0.3 is 0 Å². The topological polar surface area (TPSA) is 43.4 Å². The molecule has 0 N–H and O–H groups in total. The van der Waals surface area contributed by atoms with Gasteiger partial charge in [-0.1, -0.05) is 23.2 Å². The number of alkyl halides is 3. The van der Waals surface area contributed by atoms with Gasteiger partial charge in [0.15, 0.2) is 3.24 Å². The lowest BCUT2D eigenvalue weighted by atomic mass is 10.5. The van der Waals surface area contributed by atoms with Crippen molar-refractivity contribution in [3.8, 4) is 0 Å². The second-order valence-corrected chi connectivity index (χ2v) is 5.65. The van der Waals surface area contributed by atoms with Crippen LogP contribution in [0.3, 0.4) is 0 Å². The highest BCUT2D eigenvalue weighted by Crippen LogP contribution is 2.29. The molecule has 0 saturated heterocycles. The summed E-state index contributed by atoms with van der Waals surface area (Å²) in [4.78, 5) is 11.3. The van der Waals surface area contributed by atoms with Gasteiger partial charge in [-0.05, 0) is 22.9 Å². The summed E-state index contributed by atoms with van der Waals surface area (Å²) in [5.74, 6) is 0. The molecule has 1 amide bonds. The first-order valence-corrected chi connectivity index (χ1v) is 4.44. The highest BCUT2D eigenvalue weighted by Gasteiger charge is 2.22. The molecule has 0 aromatic rings. The molecule has 0 bridgehead atoms. The predicted molar refractivity (Wildman–Crippen MR) is 46.0 cm³/mol. The van der Waals surface area contributed by atoms with Crippen LogP contribution in [0.1, 0.15) is 6.92 Å². The minimum Gasteiger partial charge on any atom is -0.530 e. The normalized spacial score (nSPS) is 11.3. The molecule has 66 valence electrons.